The van der Waals surface area contributed by atoms with Crippen molar-refractivity contribution in [2.24, 2.45) is 0 Å². The zero-order valence-electron chi connectivity index (χ0n) is 14.5. The summed E-state index contributed by atoms with van der Waals surface area (Å²) in [4.78, 5) is 26.2. The lowest BCUT2D eigenvalue weighted by molar-refractivity contribution is -0.118. The molecule has 0 radical (unpaired) electrons. The number of hydrogen-bond acceptors (Lipinski definition) is 2. The zero-order chi connectivity index (χ0) is 18.7. The van der Waals surface area contributed by atoms with Crippen molar-refractivity contribution >= 4 is 23.2 Å². The van der Waals surface area contributed by atoms with Crippen molar-refractivity contribution in [2.75, 3.05) is 16.8 Å². The lowest BCUT2D eigenvalue weighted by Crippen LogP contribution is -2.35. The number of nitrogens with one attached hydrogen (secondary N) is 1. The van der Waals surface area contributed by atoms with Gasteiger partial charge in [0.05, 0.1) is 0 Å². The van der Waals surface area contributed by atoms with Crippen LogP contribution in [0.4, 0.5) is 20.2 Å². The first-order valence-electron chi connectivity index (χ1n) is 8.70. The van der Waals surface area contributed by atoms with Crippen LogP contribution in [0.5, 0.6) is 0 Å². The molecule has 4 nitrogen and oxygen atoms in total. The summed E-state index contributed by atoms with van der Waals surface area (Å²) in [6.45, 7) is 2.73. The van der Waals surface area contributed by atoms with Gasteiger partial charge in [-0.25, -0.2) is 8.78 Å². The molecule has 1 aliphatic heterocycles. The maximum atomic E-state index is 13.7. The molecule has 0 saturated heterocycles. The van der Waals surface area contributed by atoms with Gasteiger partial charge in [-0.2, -0.15) is 0 Å². The van der Waals surface area contributed by atoms with Gasteiger partial charge in [0.2, 0.25) is 5.91 Å². The van der Waals surface area contributed by atoms with E-state index >= 15 is 0 Å². The van der Waals surface area contributed by atoms with Gasteiger partial charge in [0.25, 0.3) is 5.91 Å². The molecular weight excluding hydrogens is 338 g/mol. The van der Waals surface area contributed by atoms with E-state index in [0.717, 1.165) is 36.2 Å². The largest absolute Gasteiger partial charge is 0.322 e. The summed E-state index contributed by atoms with van der Waals surface area (Å²) in [6.07, 6.45) is 2.89. The number of carbonyl (C=O) groups is 2. The lowest BCUT2D eigenvalue weighted by Gasteiger charge is -2.29. The summed E-state index contributed by atoms with van der Waals surface area (Å²) < 4.78 is 27.5. The van der Waals surface area contributed by atoms with E-state index in [1.54, 1.807) is 23.1 Å². The van der Waals surface area contributed by atoms with Gasteiger partial charge >= 0.3 is 0 Å². The first-order valence-corrected chi connectivity index (χ1v) is 8.70. The molecule has 2 amide bonds. The molecule has 26 heavy (non-hydrogen) atoms. The third-order valence-corrected chi connectivity index (χ3v) is 4.46. The summed E-state index contributed by atoms with van der Waals surface area (Å²) in [5, 5.41) is 2.54. The number of aryl methyl sites for hydroxylation is 1. The second-order valence-electron chi connectivity index (χ2n) is 6.29. The summed E-state index contributed by atoms with van der Waals surface area (Å²) in [6, 6.07) is 8.48. The van der Waals surface area contributed by atoms with Crippen LogP contribution in [0, 0.1) is 11.6 Å². The number of hydrogen-bond donors (Lipinski definition) is 1. The number of anilines is 2. The van der Waals surface area contributed by atoms with Crippen LogP contribution in [0.2, 0.25) is 0 Å². The number of unbranched alkanes of at least 4 members (excludes halogenated alkanes) is 1. The highest BCUT2D eigenvalue weighted by Gasteiger charge is 2.24. The van der Waals surface area contributed by atoms with Gasteiger partial charge in [0, 0.05) is 24.3 Å². The molecule has 0 saturated carbocycles. The average Bonchev–Trinajstić information content (AvgIpc) is 2.61. The van der Waals surface area contributed by atoms with Crippen LogP contribution < -0.4 is 10.2 Å². The van der Waals surface area contributed by atoms with Crippen molar-refractivity contribution in [1.82, 2.24) is 0 Å². The van der Waals surface area contributed by atoms with E-state index in [9.17, 15) is 18.4 Å². The van der Waals surface area contributed by atoms with Crippen molar-refractivity contribution < 1.29 is 18.4 Å². The van der Waals surface area contributed by atoms with Crippen LogP contribution in [-0.4, -0.2) is 18.4 Å². The van der Waals surface area contributed by atoms with Crippen molar-refractivity contribution in [3.8, 4) is 0 Å². The first-order chi connectivity index (χ1) is 12.5. The van der Waals surface area contributed by atoms with E-state index in [1.807, 2.05) is 0 Å². The topological polar surface area (TPSA) is 49.4 Å². The van der Waals surface area contributed by atoms with Gasteiger partial charge in [-0.15, -0.1) is 0 Å². The molecule has 0 bridgehead atoms. The van der Waals surface area contributed by atoms with Crippen molar-refractivity contribution in [1.29, 1.82) is 0 Å². The normalized spacial score (nSPS) is 13.5. The van der Waals surface area contributed by atoms with E-state index in [2.05, 4.69) is 12.2 Å². The van der Waals surface area contributed by atoms with E-state index in [4.69, 9.17) is 0 Å². The number of halogens is 2. The molecule has 0 aliphatic carbocycles. The number of benzene rings is 2. The third kappa shape index (κ3) is 3.59. The summed E-state index contributed by atoms with van der Waals surface area (Å²) in [5.41, 5.74) is 1.61. The quantitative estimate of drug-likeness (QED) is 0.866. The van der Waals surface area contributed by atoms with Gasteiger partial charge in [0.1, 0.15) is 17.2 Å². The Morgan fingerprint density at radius 3 is 2.58 bits per heavy atom. The van der Waals surface area contributed by atoms with E-state index in [-0.39, 0.29) is 5.91 Å². The van der Waals surface area contributed by atoms with Gasteiger partial charge < -0.3 is 10.2 Å². The maximum absolute atomic E-state index is 13.7. The molecule has 0 atom stereocenters. The molecule has 0 spiro atoms. The highest BCUT2D eigenvalue weighted by molar-refractivity contribution is 6.05. The van der Waals surface area contributed by atoms with Gasteiger partial charge in [-0.1, -0.05) is 19.4 Å². The van der Waals surface area contributed by atoms with Crippen LogP contribution in [0.15, 0.2) is 36.4 Å². The predicted molar refractivity (Wildman–Crippen MR) is 96.3 cm³/mol. The van der Waals surface area contributed by atoms with Crippen LogP contribution in [0.1, 0.15) is 42.1 Å². The standard InChI is InChI=1S/C20H20F2N2O2/c1-2-3-11-24-17-9-8-14(12-13(17)7-10-18(24)25)23-20(26)19-15(21)5-4-6-16(19)22/h4-6,8-9,12H,2-3,7,10-11H2,1H3,(H,23,26). The van der Waals surface area contributed by atoms with Crippen LogP contribution in [0.3, 0.4) is 0 Å². The Hall–Kier alpha value is -2.76. The Morgan fingerprint density at radius 1 is 1.15 bits per heavy atom. The van der Waals surface area contributed by atoms with Gasteiger partial charge in [0.15, 0.2) is 0 Å². The van der Waals surface area contributed by atoms with Crippen molar-refractivity contribution in [2.45, 2.75) is 32.6 Å². The van der Waals surface area contributed by atoms with Crippen LogP contribution in [0.25, 0.3) is 0 Å². The smallest absolute Gasteiger partial charge is 0.261 e. The Labute approximate surface area is 150 Å². The predicted octanol–water partition coefficient (Wildman–Crippen LogP) is 4.30. The lowest BCUT2D eigenvalue weighted by atomic mass is 10.00. The van der Waals surface area contributed by atoms with E-state index < -0.39 is 23.1 Å². The first kappa shape index (κ1) is 18.0. The van der Waals surface area contributed by atoms with Crippen LogP contribution in [-0.2, 0) is 11.2 Å². The van der Waals surface area contributed by atoms with Gasteiger partial charge in [-0.3, -0.25) is 9.59 Å². The fourth-order valence-corrected chi connectivity index (χ4v) is 3.11. The molecule has 136 valence electrons. The Balaban J connectivity index is 1.83. The fraction of sp³-hybridized carbons (Fsp3) is 0.300. The molecule has 2 aromatic rings. The highest BCUT2D eigenvalue weighted by Crippen LogP contribution is 2.31. The maximum Gasteiger partial charge on any atom is 0.261 e. The zero-order valence-corrected chi connectivity index (χ0v) is 14.5. The molecule has 0 aromatic heterocycles. The molecular formula is C20H20F2N2O2. The minimum atomic E-state index is -0.906. The Bertz CT molecular complexity index is 831. The molecule has 1 N–H and O–H groups in total. The average molecular weight is 358 g/mol. The number of fused-ring (bicyclic) bond motifs is 1. The number of nitrogens with zero attached hydrogens (tertiary/aromatic N) is 1. The highest BCUT2D eigenvalue weighted by atomic mass is 19.1. The second kappa shape index (κ2) is 7.64. The molecule has 3 rings (SSSR count). The number of carbonyl (C=O) groups excluding carboxylic acids is 2. The molecule has 0 fully saturated rings. The minimum Gasteiger partial charge on any atom is -0.322 e. The molecule has 6 heteroatoms. The van der Waals surface area contributed by atoms with Crippen molar-refractivity contribution in [3.63, 3.8) is 0 Å². The molecule has 0 unspecified atom stereocenters. The SMILES string of the molecule is CCCCN1C(=O)CCc2cc(NC(=O)c3c(F)cccc3F)ccc21. The fourth-order valence-electron chi connectivity index (χ4n) is 3.11. The minimum absolute atomic E-state index is 0.0937. The Kier molecular flexibility index (Phi) is 5.30. The van der Waals surface area contributed by atoms with Gasteiger partial charge in [-0.05, 0) is 48.7 Å². The number of amides is 2. The summed E-state index contributed by atoms with van der Waals surface area (Å²) in [5.74, 6) is -2.56. The van der Waals surface area contributed by atoms with E-state index in [0.29, 0.717) is 25.1 Å². The number of rotatable bonds is 5. The molecule has 1 heterocycles. The summed E-state index contributed by atoms with van der Waals surface area (Å²) >= 11 is 0. The molecule has 1 aliphatic rings. The third-order valence-electron chi connectivity index (χ3n) is 4.46. The van der Waals surface area contributed by atoms with E-state index in [1.165, 1.54) is 6.07 Å². The monoisotopic (exact) mass is 358 g/mol. The van der Waals surface area contributed by atoms with Crippen LogP contribution >= 0.6 is 0 Å². The summed E-state index contributed by atoms with van der Waals surface area (Å²) in [7, 11) is 0. The Morgan fingerprint density at radius 2 is 1.88 bits per heavy atom. The van der Waals surface area contributed by atoms with Crippen molar-refractivity contribution in [3.05, 3.63) is 59.2 Å². The second-order valence-corrected chi connectivity index (χ2v) is 6.29. The molecule has 2 aromatic carbocycles.